The lowest BCUT2D eigenvalue weighted by Crippen LogP contribution is -2.41. The topological polar surface area (TPSA) is 104 Å². The highest BCUT2D eigenvalue weighted by Crippen LogP contribution is 2.82. The maximum atomic E-state index is 9.90. The molecule has 1 heterocycles. The first-order chi connectivity index (χ1) is 10.9. The Kier molecular flexibility index (Phi) is 3.37. The molecule has 0 unspecified atom stereocenters. The number of halogens is 2. The van der Waals surface area contributed by atoms with Crippen LogP contribution < -0.4 is 5.73 Å². The van der Waals surface area contributed by atoms with Gasteiger partial charge in [-0.2, -0.15) is 10.5 Å². The fourth-order valence-corrected chi connectivity index (χ4v) is 4.24. The Morgan fingerprint density at radius 1 is 1.22 bits per heavy atom. The molecule has 1 fully saturated rings. The summed E-state index contributed by atoms with van der Waals surface area (Å²) in [5, 5.41) is 20.5. The lowest BCUT2D eigenvalue weighted by atomic mass is 9.93. The second-order valence-corrected chi connectivity index (χ2v) is 6.27. The molecule has 1 aliphatic heterocycles. The number of benzene rings is 1. The van der Waals surface area contributed by atoms with Crippen molar-refractivity contribution in [1.82, 2.24) is 0 Å². The van der Waals surface area contributed by atoms with Crippen LogP contribution in [0.1, 0.15) is 11.5 Å². The van der Waals surface area contributed by atoms with Gasteiger partial charge in [-0.15, -0.1) is 0 Å². The lowest BCUT2D eigenvalue weighted by molar-refractivity contribution is -0.230. The van der Waals surface area contributed by atoms with E-state index < -0.39 is 22.7 Å². The van der Waals surface area contributed by atoms with Crippen molar-refractivity contribution in [2.75, 3.05) is 14.2 Å². The second kappa shape index (κ2) is 4.83. The molecule has 0 bridgehead atoms. The van der Waals surface area contributed by atoms with Crippen LogP contribution >= 0.6 is 23.2 Å². The zero-order valence-electron chi connectivity index (χ0n) is 12.3. The van der Waals surface area contributed by atoms with Gasteiger partial charge >= 0.3 is 0 Å². The molecule has 1 aliphatic carbocycles. The van der Waals surface area contributed by atoms with Crippen molar-refractivity contribution in [2.24, 2.45) is 21.6 Å². The number of aliphatic imine (C=N–C) groups is 1. The number of nitriles is 2. The van der Waals surface area contributed by atoms with Gasteiger partial charge in [-0.3, -0.25) is 0 Å². The number of nitrogens with zero attached hydrogens (tertiary/aromatic N) is 3. The van der Waals surface area contributed by atoms with Crippen LogP contribution in [0.3, 0.4) is 0 Å². The Hall–Kier alpha value is -1.83. The van der Waals surface area contributed by atoms with E-state index in [0.717, 1.165) is 0 Å². The van der Waals surface area contributed by atoms with Gasteiger partial charge in [0, 0.05) is 30.2 Å². The second-order valence-electron chi connectivity index (χ2n) is 5.43. The molecule has 2 aliphatic rings. The van der Waals surface area contributed by atoms with E-state index in [1.807, 2.05) is 0 Å². The molecule has 6 nitrogen and oxygen atoms in total. The highest BCUT2D eigenvalue weighted by atomic mass is 35.5. The maximum absolute atomic E-state index is 9.90. The van der Waals surface area contributed by atoms with Crippen LogP contribution in [-0.2, 0) is 9.47 Å². The molecule has 23 heavy (non-hydrogen) atoms. The molecule has 0 amide bonds. The number of fused-ring (bicyclic) bond motifs is 1. The number of nitrogens with two attached hydrogens (primary N) is 1. The lowest BCUT2D eigenvalue weighted by Gasteiger charge is -2.29. The van der Waals surface area contributed by atoms with Crippen molar-refractivity contribution in [1.29, 1.82) is 10.5 Å². The first-order valence-electron chi connectivity index (χ1n) is 6.64. The van der Waals surface area contributed by atoms with Gasteiger partial charge < -0.3 is 15.2 Å². The molecule has 3 atom stereocenters. The number of ether oxygens (including phenoxy) is 2. The van der Waals surface area contributed by atoms with E-state index in [1.54, 1.807) is 18.2 Å². The summed E-state index contributed by atoms with van der Waals surface area (Å²) in [6, 6.07) is 9.17. The first-order valence-corrected chi connectivity index (χ1v) is 7.40. The number of hydrogen-bond donors (Lipinski definition) is 1. The summed E-state index contributed by atoms with van der Waals surface area (Å²) >= 11 is 12.2. The van der Waals surface area contributed by atoms with Crippen LogP contribution in [0.4, 0.5) is 0 Å². The van der Waals surface area contributed by atoms with Crippen LogP contribution in [0.15, 0.2) is 23.2 Å². The fourth-order valence-electron chi connectivity index (χ4n) is 3.72. The zero-order chi connectivity index (χ0) is 17.0. The number of hydrogen-bond acceptors (Lipinski definition) is 6. The molecule has 0 saturated heterocycles. The summed E-state index contributed by atoms with van der Waals surface area (Å²) in [4.78, 5) is 4.13. The van der Waals surface area contributed by atoms with Crippen molar-refractivity contribution in [3.05, 3.63) is 33.8 Å². The van der Waals surface area contributed by atoms with E-state index in [-0.39, 0.29) is 5.84 Å². The third-order valence-corrected chi connectivity index (χ3v) is 5.32. The Morgan fingerprint density at radius 3 is 2.35 bits per heavy atom. The van der Waals surface area contributed by atoms with Crippen LogP contribution in [0, 0.1) is 33.5 Å². The predicted molar refractivity (Wildman–Crippen MR) is 83.7 cm³/mol. The van der Waals surface area contributed by atoms with E-state index in [4.69, 9.17) is 38.4 Å². The van der Waals surface area contributed by atoms with Gasteiger partial charge in [0.1, 0.15) is 11.3 Å². The molecule has 8 heteroatoms. The molecule has 1 aromatic carbocycles. The van der Waals surface area contributed by atoms with Gasteiger partial charge in [-0.1, -0.05) is 29.3 Å². The summed E-state index contributed by atoms with van der Waals surface area (Å²) in [6.45, 7) is 0. The van der Waals surface area contributed by atoms with E-state index >= 15 is 0 Å². The molecular weight excluding hydrogens is 339 g/mol. The molecule has 1 aromatic rings. The largest absolute Gasteiger partial charge is 0.386 e. The van der Waals surface area contributed by atoms with Crippen LogP contribution in [-0.4, -0.2) is 26.0 Å². The number of rotatable bonds is 3. The third kappa shape index (κ3) is 1.52. The van der Waals surface area contributed by atoms with Crippen LogP contribution in [0.5, 0.6) is 0 Å². The smallest absolute Gasteiger partial charge is 0.292 e. The highest BCUT2D eigenvalue weighted by Gasteiger charge is 2.93. The zero-order valence-corrected chi connectivity index (χ0v) is 13.8. The Bertz CT molecular complexity index is 809. The third-order valence-electron chi connectivity index (χ3n) is 4.75. The van der Waals surface area contributed by atoms with E-state index in [2.05, 4.69) is 17.1 Å². The minimum absolute atomic E-state index is 0.00117. The molecule has 2 N–H and O–H groups in total. The minimum Gasteiger partial charge on any atom is -0.386 e. The van der Waals surface area contributed by atoms with Crippen LogP contribution in [0.25, 0.3) is 0 Å². The Morgan fingerprint density at radius 2 is 1.87 bits per heavy atom. The van der Waals surface area contributed by atoms with E-state index in [9.17, 15) is 10.5 Å². The van der Waals surface area contributed by atoms with Gasteiger partial charge in [-0.25, -0.2) is 4.99 Å². The van der Waals surface area contributed by atoms with Crippen molar-refractivity contribution in [3.63, 3.8) is 0 Å². The molecule has 0 aromatic heterocycles. The van der Waals surface area contributed by atoms with Gasteiger partial charge in [0.25, 0.3) is 5.91 Å². The van der Waals surface area contributed by atoms with Gasteiger partial charge in [0.15, 0.2) is 5.41 Å². The van der Waals surface area contributed by atoms with Crippen LogP contribution in [0.2, 0.25) is 10.0 Å². The van der Waals surface area contributed by atoms with E-state index in [0.29, 0.717) is 15.6 Å². The summed E-state index contributed by atoms with van der Waals surface area (Å²) < 4.78 is 10.8. The monoisotopic (exact) mass is 350 g/mol. The van der Waals surface area contributed by atoms with Crippen molar-refractivity contribution < 1.29 is 9.47 Å². The van der Waals surface area contributed by atoms with Crippen molar-refractivity contribution >= 4 is 29.0 Å². The average Bonchev–Trinajstić information content (AvgIpc) is 3.10. The number of methoxy groups -OCH3 is 2. The summed E-state index contributed by atoms with van der Waals surface area (Å²) in [5.41, 5.74) is 3.81. The van der Waals surface area contributed by atoms with Gasteiger partial charge in [-0.05, 0) is 17.7 Å². The van der Waals surface area contributed by atoms with E-state index in [1.165, 1.54) is 14.2 Å². The van der Waals surface area contributed by atoms with Gasteiger partial charge in [0.05, 0.1) is 12.1 Å². The SMILES string of the molecule is COC1(OC)N=C(N)[C@@]2(C#N)[C@H](c3ccc(Cl)cc3Cl)[C@]12C#N. The van der Waals surface area contributed by atoms with Crippen molar-refractivity contribution in [2.45, 2.75) is 11.8 Å². The van der Waals surface area contributed by atoms with Crippen molar-refractivity contribution in [3.8, 4) is 12.1 Å². The molecule has 0 radical (unpaired) electrons. The Balaban J connectivity index is 2.28. The molecule has 3 rings (SSSR count). The first kappa shape index (κ1) is 16.0. The molecule has 118 valence electrons. The van der Waals surface area contributed by atoms with Gasteiger partial charge in [0.2, 0.25) is 0 Å². The minimum atomic E-state index is -1.66. The summed E-state index contributed by atoms with van der Waals surface area (Å²) in [5.74, 6) is -2.29. The maximum Gasteiger partial charge on any atom is 0.292 e. The summed E-state index contributed by atoms with van der Waals surface area (Å²) in [6.07, 6.45) is 0. The Labute approximate surface area is 143 Å². The number of amidine groups is 1. The average molecular weight is 351 g/mol. The molecule has 0 spiro atoms. The summed E-state index contributed by atoms with van der Waals surface area (Å²) in [7, 11) is 2.71. The fraction of sp³-hybridized carbons (Fsp3) is 0.400. The standard InChI is InChI=1S/C15H12Cl2N4O2/c1-22-15(23-2)14(7-19)11(13(14,6-18)12(20)21-15)9-4-3-8(16)5-10(9)17/h3-5,11H,1-2H3,(H2,20,21)/t11-,13+,14-/m0/s1. The molecular formula is C15H12Cl2N4O2. The highest BCUT2D eigenvalue weighted by molar-refractivity contribution is 6.35. The molecule has 1 saturated carbocycles. The predicted octanol–water partition coefficient (Wildman–Crippen LogP) is 2.43. The normalized spacial score (nSPS) is 33.3. The quantitative estimate of drug-likeness (QED) is 0.842.